The summed E-state index contributed by atoms with van der Waals surface area (Å²) >= 11 is 0. The van der Waals surface area contributed by atoms with Crippen LogP contribution in [-0.4, -0.2) is 63.3 Å². The molecule has 0 aromatic heterocycles. The Balaban J connectivity index is 1.06. The van der Waals surface area contributed by atoms with Crippen molar-refractivity contribution in [2.45, 2.75) is 116 Å². The number of rotatable bonds is 13. The molecule has 0 radical (unpaired) electrons. The summed E-state index contributed by atoms with van der Waals surface area (Å²) in [6, 6.07) is 6.22. The van der Waals surface area contributed by atoms with Crippen LogP contribution in [0.3, 0.4) is 0 Å². The van der Waals surface area contributed by atoms with Crippen molar-refractivity contribution in [3.63, 3.8) is 0 Å². The van der Waals surface area contributed by atoms with Crippen molar-refractivity contribution in [3.8, 4) is 0 Å². The van der Waals surface area contributed by atoms with E-state index in [0.29, 0.717) is 41.6 Å². The molecule has 0 spiro atoms. The standard InChI is InChI=1S/C38H55NO10/c1-22(29-12-13-30-28-11-10-26-19-27(40)16-17-37(26,2)31(28)20-32(41)38(29,30)3)4-15-34(43)48-21-49-36(46)24-7-5-23(6-8-24)18-25(35(44)45)9-14-33(42)39-47/h5-8,22,25-32,40-41,47H,4,9-21H2,1-3H3,(H,39,42)(H,44,45)/t22-,25?,26-,27-,28?,29?,30?,31?,32+,37+,38?/m1/s1. The molecule has 49 heavy (non-hydrogen) atoms. The summed E-state index contributed by atoms with van der Waals surface area (Å²) in [4.78, 5) is 48.0. The first-order valence-corrected chi connectivity index (χ1v) is 18.2. The van der Waals surface area contributed by atoms with E-state index in [0.717, 1.165) is 38.5 Å². The maximum atomic E-state index is 12.6. The van der Waals surface area contributed by atoms with Gasteiger partial charge in [-0.2, -0.15) is 0 Å². The van der Waals surface area contributed by atoms with E-state index in [4.69, 9.17) is 14.7 Å². The van der Waals surface area contributed by atoms with Crippen LogP contribution >= 0.6 is 0 Å². The first-order chi connectivity index (χ1) is 23.3. The van der Waals surface area contributed by atoms with E-state index in [-0.39, 0.29) is 60.2 Å². The Morgan fingerprint density at radius 2 is 1.65 bits per heavy atom. The van der Waals surface area contributed by atoms with E-state index >= 15 is 0 Å². The lowest BCUT2D eigenvalue weighted by atomic mass is 9.43. The van der Waals surface area contributed by atoms with Gasteiger partial charge in [0.25, 0.3) is 0 Å². The molecule has 11 heteroatoms. The third-order valence-corrected chi connectivity index (χ3v) is 13.6. The molecule has 0 bridgehead atoms. The Labute approximate surface area is 289 Å². The summed E-state index contributed by atoms with van der Waals surface area (Å²) < 4.78 is 10.4. The van der Waals surface area contributed by atoms with E-state index in [9.17, 15) is 34.5 Å². The van der Waals surface area contributed by atoms with Gasteiger partial charge in [-0.15, -0.1) is 0 Å². The Morgan fingerprint density at radius 1 is 0.918 bits per heavy atom. The number of esters is 2. The van der Waals surface area contributed by atoms with Gasteiger partial charge >= 0.3 is 17.9 Å². The number of ether oxygens (including phenoxy) is 2. The number of carboxylic acid groups (broad SMARTS) is 1. The number of carbonyl (C=O) groups is 4. The number of hydroxylamine groups is 1. The molecule has 4 aliphatic carbocycles. The second kappa shape index (κ2) is 15.5. The fourth-order valence-corrected chi connectivity index (χ4v) is 10.7. The van der Waals surface area contributed by atoms with Gasteiger partial charge in [-0.3, -0.25) is 19.6 Å². The Kier molecular flexibility index (Phi) is 11.8. The zero-order valence-electron chi connectivity index (χ0n) is 29.1. The number of nitrogens with one attached hydrogen (secondary N) is 1. The summed E-state index contributed by atoms with van der Waals surface area (Å²) in [7, 11) is 0. The highest BCUT2D eigenvalue weighted by molar-refractivity contribution is 5.89. The van der Waals surface area contributed by atoms with Crippen molar-refractivity contribution < 1.29 is 49.2 Å². The van der Waals surface area contributed by atoms with Crippen molar-refractivity contribution in [2.24, 2.45) is 52.3 Å². The predicted octanol–water partition coefficient (Wildman–Crippen LogP) is 5.28. The summed E-state index contributed by atoms with van der Waals surface area (Å²) in [6.07, 6.45) is 8.46. The molecule has 1 aromatic rings. The van der Waals surface area contributed by atoms with Crippen molar-refractivity contribution in [1.29, 1.82) is 0 Å². The topological polar surface area (TPSA) is 180 Å². The minimum Gasteiger partial charge on any atom is -0.481 e. The van der Waals surface area contributed by atoms with Crippen LogP contribution in [0.15, 0.2) is 24.3 Å². The van der Waals surface area contributed by atoms with Gasteiger partial charge in [-0.05, 0) is 135 Å². The largest absolute Gasteiger partial charge is 0.481 e. The lowest BCUT2D eigenvalue weighted by Crippen LogP contribution is -2.58. The molecule has 5 rings (SSSR count). The number of amides is 1. The van der Waals surface area contributed by atoms with Crippen molar-refractivity contribution >= 4 is 23.8 Å². The van der Waals surface area contributed by atoms with Crippen LogP contribution in [0.25, 0.3) is 0 Å². The molecule has 11 atom stereocenters. The zero-order chi connectivity index (χ0) is 35.5. The molecule has 1 amide bonds. The Morgan fingerprint density at radius 3 is 2.35 bits per heavy atom. The van der Waals surface area contributed by atoms with Gasteiger partial charge in [0.15, 0.2) is 0 Å². The average Bonchev–Trinajstić information content (AvgIpc) is 3.44. The molecule has 1 aromatic carbocycles. The smallest absolute Gasteiger partial charge is 0.340 e. The third kappa shape index (κ3) is 7.84. The molecule has 272 valence electrons. The number of hydrogen-bond donors (Lipinski definition) is 5. The number of aliphatic hydroxyl groups excluding tert-OH is 2. The molecule has 0 saturated heterocycles. The number of carbonyl (C=O) groups excluding carboxylic acids is 3. The summed E-state index contributed by atoms with van der Waals surface area (Å²) in [6.45, 7) is 6.39. The van der Waals surface area contributed by atoms with Crippen molar-refractivity contribution in [3.05, 3.63) is 35.4 Å². The van der Waals surface area contributed by atoms with Crippen molar-refractivity contribution in [1.82, 2.24) is 5.48 Å². The Bertz CT molecular complexity index is 1350. The monoisotopic (exact) mass is 685 g/mol. The molecule has 6 unspecified atom stereocenters. The van der Waals surface area contributed by atoms with E-state index in [1.54, 1.807) is 12.1 Å². The molecule has 0 aliphatic heterocycles. The molecule has 4 aliphatic rings. The zero-order valence-corrected chi connectivity index (χ0v) is 29.1. The van der Waals surface area contributed by atoms with Gasteiger partial charge in [0.1, 0.15) is 0 Å². The molecule has 0 heterocycles. The first kappa shape index (κ1) is 37.2. The molecule has 5 N–H and O–H groups in total. The van der Waals surface area contributed by atoms with Crippen molar-refractivity contribution in [2.75, 3.05) is 6.79 Å². The van der Waals surface area contributed by atoms with Crippen LogP contribution in [0.2, 0.25) is 0 Å². The fraction of sp³-hybridized carbons (Fsp3) is 0.737. The van der Waals surface area contributed by atoms with Gasteiger partial charge in [0.2, 0.25) is 12.7 Å². The first-order valence-electron chi connectivity index (χ1n) is 18.2. The molecule has 4 saturated carbocycles. The lowest BCUT2D eigenvalue weighted by Gasteiger charge is -2.62. The molecule has 11 nitrogen and oxygen atoms in total. The normalized spacial score (nSPS) is 34.8. The molecule has 4 fully saturated rings. The fourth-order valence-electron chi connectivity index (χ4n) is 10.7. The van der Waals surface area contributed by atoms with E-state index in [2.05, 4.69) is 20.8 Å². The SMILES string of the molecule is C[C@H](CCC(=O)OCOC(=O)c1ccc(CC(CCC(=O)NO)C(=O)O)cc1)C1CCC2C3CC[C@@H]4C[C@H](O)CC[C@]4(C)C3C[C@H](O)C21C. The van der Waals surface area contributed by atoms with Gasteiger partial charge < -0.3 is 24.8 Å². The molecular weight excluding hydrogens is 630 g/mol. The van der Waals surface area contributed by atoms with Gasteiger partial charge in [-0.25, -0.2) is 10.3 Å². The Hall–Kier alpha value is -3.02. The quantitative estimate of drug-likeness (QED) is 0.0794. The number of fused-ring (bicyclic) bond motifs is 5. The maximum absolute atomic E-state index is 12.6. The van der Waals surface area contributed by atoms with Gasteiger partial charge in [0, 0.05) is 12.8 Å². The number of aliphatic carboxylic acids is 1. The average molecular weight is 686 g/mol. The number of benzene rings is 1. The summed E-state index contributed by atoms with van der Waals surface area (Å²) in [5.41, 5.74) is 2.38. The highest BCUT2D eigenvalue weighted by Crippen LogP contribution is 2.68. The van der Waals surface area contributed by atoms with E-state index in [1.165, 1.54) is 30.5 Å². The summed E-state index contributed by atoms with van der Waals surface area (Å²) in [5.74, 6) is -1.03. The van der Waals surface area contributed by atoms with Gasteiger partial charge in [0.05, 0.1) is 23.7 Å². The highest BCUT2D eigenvalue weighted by Gasteiger charge is 2.63. The number of carboxylic acids is 1. The minimum absolute atomic E-state index is 0.0475. The molecular formula is C38H55NO10. The number of aliphatic hydroxyl groups is 2. The third-order valence-electron chi connectivity index (χ3n) is 13.6. The van der Waals surface area contributed by atoms with Crippen LogP contribution in [0.1, 0.15) is 114 Å². The van der Waals surface area contributed by atoms with Crippen LogP contribution in [0.5, 0.6) is 0 Å². The van der Waals surface area contributed by atoms with E-state index in [1.807, 2.05) is 0 Å². The summed E-state index contributed by atoms with van der Waals surface area (Å²) in [5, 5.41) is 40.2. The maximum Gasteiger partial charge on any atom is 0.340 e. The van der Waals surface area contributed by atoms with Crippen LogP contribution < -0.4 is 5.48 Å². The highest BCUT2D eigenvalue weighted by atomic mass is 16.7. The second-order valence-corrected chi connectivity index (χ2v) is 16.0. The second-order valence-electron chi connectivity index (χ2n) is 16.0. The minimum atomic E-state index is -1.06. The van der Waals surface area contributed by atoms with E-state index < -0.39 is 36.5 Å². The predicted molar refractivity (Wildman–Crippen MR) is 178 cm³/mol. The van der Waals surface area contributed by atoms with Crippen LogP contribution in [-0.2, 0) is 30.3 Å². The van der Waals surface area contributed by atoms with Crippen LogP contribution in [0, 0.1) is 52.3 Å². The van der Waals surface area contributed by atoms with Crippen LogP contribution in [0.4, 0.5) is 0 Å². The lowest BCUT2D eigenvalue weighted by molar-refractivity contribution is -0.175. The van der Waals surface area contributed by atoms with Gasteiger partial charge in [-0.1, -0.05) is 32.9 Å². The number of hydrogen-bond acceptors (Lipinski definition) is 9.